The first kappa shape index (κ1) is 26.6. The number of methoxy groups -OCH3 is 1. The van der Waals surface area contributed by atoms with Crippen LogP contribution in [-0.4, -0.2) is 12.2 Å². The lowest BCUT2D eigenvalue weighted by molar-refractivity contribution is 0.414. The van der Waals surface area contributed by atoms with E-state index in [9.17, 15) is 5.11 Å². The largest absolute Gasteiger partial charge is 0.508 e. The van der Waals surface area contributed by atoms with E-state index in [0.29, 0.717) is 28.7 Å². The molecule has 4 aromatic carbocycles. The van der Waals surface area contributed by atoms with Crippen LogP contribution in [0.1, 0.15) is 58.8 Å². The minimum Gasteiger partial charge on any atom is -0.508 e. The van der Waals surface area contributed by atoms with Crippen molar-refractivity contribution in [3.63, 3.8) is 0 Å². The molecule has 4 atom stereocenters. The summed E-state index contributed by atoms with van der Waals surface area (Å²) in [6.45, 7) is 0. The van der Waals surface area contributed by atoms with Crippen LogP contribution in [0.3, 0.4) is 0 Å². The highest BCUT2D eigenvalue weighted by Crippen LogP contribution is 2.57. The summed E-state index contributed by atoms with van der Waals surface area (Å²) in [5.74, 6) is 3.22. The summed E-state index contributed by atoms with van der Waals surface area (Å²) in [7, 11) is 1.66. The Morgan fingerprint density at radius 1 is 0.649 bits per heavy atom. The van der Waals surface area contributed by atoms with Gasteiger partial charge in [-0.25, -0.2) is 0 Å². The molecule has 2 aliphatic rings. The molecule has 190 valence electrons. The van der Waals surface area contributed by atoms with Gasteiger partial charge in [-0.15, -0.1) is 0 Å². The molecule has 2 nitrogen and oxygen atoms in total. The molecule has 2 aliphatic carbocycles. The van der Waals surface area contributed by atoms with Crippen LogP contribution in [0.5, 0.6) is 11.5 Å². The molecular formula is C31H26Br2Cl2O2. The van der Waals surface area contributed by atoms with Crippen molar-refractivity contribution in [2.24, 2.45) is 0 Å². The number of phenols is 1. The first-order chi connectivity index (χ1) is 17.8. The topological polar surface area (TPSA) is 29.5 Å². The third kappa shape index (κ3) is 6.37. The number of ether oxygens (including phenoxy) is 1. The van der Waals surface area contributed by atoms with Crippen molar-refractivity contribution in [3.8, 4) is 11.5 Å². The van der Waals surface area contributed by atoms with E-state index in [1.165, 1.54) is 23.1 Å². The Hall–Kier alpha value is -1.98. The quantitative estimate of drug-likeness (QED) is 0.231. The van der Waals surface area contributed by atoms with Gasteiger partial charge < -0.3 is 9.84 Å². The minimum absolute atomic E-state index is 0.226. The third-order valence-electron chi connectivity index (χ3n) is 7.17. The molecule has 0 heterocycles. The molecule has 0 aliphatic heterocycles. The number of hydrogen-bond acceptors (Lipinski definition) is 2. The molecule has 4 unspecified atom stereocenters. The van der Waals surface area contributed by atoms with Crippen LogP contribution in [0.4, 0.5) is 0 Å². The first-order valence-corrected chi connectivity index (χ1v) is 14.5. The molecule has 6 rings (SSSR count). The fraction of sp³-hybridized carbons (Fsp3) is 0.226. The summed E-state index contributed by atoms with van der Waals surface area (Å²) in [6, 6.07) is 28.3. The van der Waals surface area contributed by atoms with Crippen LogP contribution in [0.15, 0.2) is 93.9 Å². The maximum Gasteiger partial charge on any atom is 0.120 e. The van der Waals surface area contributed by atoms with E-state index < -0.39 is 0 Å². The highest BCUT2D eigenvalue weighted by molar-refractivity contribution is 9.10. The van der Waals surface area contributed by atoms with Gasteiger partial charge in [0.1, 0.15) is 11.5 Å². The van der Waals surface area contributed by atoms with Gasteiger partial charge in [0.25, 0.3) is 0 Å². The summed E-state index contributed by atoms with van der Waals surface area (Å²) >= 11 is 19.4. The van der Waals surface area contributed by atoms with Crippen LogP contribution >= 0.6 is 55.1 Å². The second-order valence-electron chi connectivity index (χ2n) is 9.59. The molecule has 2 fully saturated rings. The highest BCUT2D eigenvalue weighted by Gasteiger charge is 2.41. The van der Waals surface area contributed by atoms with Crippen LogP contribution < -0.4 is 4.74 Å². The Morgan fingerprint density at radius 3 is 1.54 bits per heavy atom. The molecule has 6 heteroatoms. The van der Waals surface area contributed by atoms with E-state index >= 15 is 0 Å². The Balaban J connectivity index is 0.000000152. The van der Waals surface area contributed by atoms with Crippen molar-refractivity contribution in [3.05, 3.63) is 126 Å². The summed E-state index contributed by atoms with van der Waals surface area (Å²) in [5, 5.41) is 10.8. The van der Waals surface area contributed by atoms with Gasteiger partial charge in [-0.05, 0) is 107 Å². The van der Waals surface area contributed by atoms with E-state index in [2.05, 4.69) is 86.5 Å². The standard InChI is InChI=1S/C16H14BrClO.C15H12BrClO/c1-19-12-6-7-13(16(18)8-12)15-9-14(15)10-2-4-11(17)5-3-10;16-10-3-1-9(2-4-10)13-8-14(13)12-6-5-11(18)7-15(12)17/h2-8,14-15H,9H2,1H3;1-7,13-14,18H,8H2. The normalized spacial score (nSPS) is 21.5. The fourth-order valence-electron chi connectivity index (χ4n) is 4.99. The van der Waals surface area contributed by atoms with Crippen LogP contribution in [0, 0.1) is 0 Å². The number of aromatic hydroxyl groups is 1. The fourth-order valence-corrected chi connectivity index (χ4v) is 6.14. The lowest BCUT2D eigenvalue weighted by atomic mass is 10.0. The molecule has 2 saturated carbocycles. The average molecular weight is 661 g/mol. The summed E-state index contributed by atoms with van der Waals surface area (Å²) < 4.78 is 7.41. The molecule has 0 bridgehead atoms. The van der Waals surface area contributed by atoms with Crippen molar-refractivity contribution < 1.29 is 9.84 Å². The lowest BCUT2D eigenvalue weighted by Gasteiger charge is -2.06. The van der Waals surface area contributed by atoms with Crippen molar-refractivity contribution in [1.82, 2.24) is 0 Å². The Bertz CT molecular complexity index is 1390. The zero-order valence-corrected chi connectivity index (χ0v) is 24.9. The van der Waals surface area contributed by atoms with Crippen LogP contribution in [0.2, 0.25) is 10.0 Å². The van der Waals surface area contributed by atoms with Gasteiger partial charge in [0.2, 0.25) is 0 Å². The summed E-state index contributed by atoms with van der Waals surface area (Å²) in [6.07, 6.45) is 2.31. The van der Waals surface area contributed by atoms with Gasteiger partial charge in [-0.3, -0.25) is 0 Å². The number of hydrogen-bond donors (Lipinski definition) is 1. The van der Waals surface area contributed by atoms with Gasteiger partial charge in [-0.2, -0.15) is 0 Å². The maximum atomic E-state index is 9.36. The van der Waals surface area contributed by atoms with Gasteiger partial charge >= 0.3 is 0 Å². The number of halogens is 4. The van der Waals surface area contributed by atoms with Crippen molar-refractivity contribution >= 4 is 55.1 Å². The predicted molar refractivity (Wildman–Crippen MR) is 160 cm³/mol. The van der Waals surface area contributed by atoms with Gasteiger partial charge in [-0.1, -0.05) is 91.5 Å². The molecule has 0 radical (unpaired) electrons. The zero-order chi connectivity index (χ0) is 26.1. The third-order valence-corrected chi connectivity index (χ3v) is 8.88. The summed E-state index contributed by atoms with van der Waals surface area (Å²) in [5.41, 5.74) is 5.12. The summed E-state index contributed by atoms with van der Waals surface area (Å²) in [4.78, 5) is 0. The van der Waals surface area contributed by atoms with Crippen molar-refractivity contribution in [2.75, 3.05) is 7.11 Å². The van der Waals surface area contributed by atoms with Gasteiger partial charge in [0.05, 0.1) is 7.11 Å². The van der Waals surface area contributed by atoms with Crippen LogP contribution in [-0.2, 0) is 0 Å². The van der Waals surface area contributed by atoms with Gasteiger partial charge in [0.15, 0.2) is 0 Å². The molecular weight excluding hydrogens is 635 g/mol. The lowest BCUT2D eigenvalue weighted by Crippen LogP contribution is -1.88. The smallest absolute Gasteiger partial charge is 0.120 e. The second-order valence-corrected chi connectivity index (χ2v) is 12.2. The SMILES string of the molecule is COc1ccc(C2CC2c2ccc(Br)cc2)c(Cl)c1.Oc1ccc(C2CC2c2ccc(Br)cc2)c(Cl)c1. The Labute approximate surface area is 244 Å². The molecule has 0 spiro atoms. The second kappa shape index (κ2) is 11.4. The van der Waals surface area contributed by atoms with Crippen molar-refractivity contribution in [1.29, 1.82) is 0 Å². The molecule has 0 amide bonds. The predicted octanol–water partition coefficient (Wildman–Crippen LogP) is 10.5. The molecule has 0 aromatic heterocycles. The Kier molecular flexibility index (Phi) is 8.21. The maximum absolute atomic E-state index is 9.36. The van der Waals surface area contributed by atoms with E-state index in [4.69, 9.17) is 27.9 Å². The monoisotopic (exact) mass is 658 g/mol. The minimum atomic E-state index is 0.226. The van der Waals surface area contributed by atoms with E-state index in [-0.39, 0.29) is 5.75 Å². The van der Waals surface area contributed by atoms with E-state index in [0.717, 1.165) is 31.7 Å². The zero-order valence-electron chi connectivity index (χ0n) is 20.2. The van der Waals surface area contributed by atoms with E-state index in [1.807, 2.05) is 18.2 Å². The first-order valence-electron chi connectivity index (χ1n) is 12.2. The average Bonchev–Trinajstić information content (AvgIpc) is 3.81. The van der Waals surface area contributed by atoms with Crippen LogP contribution in [0.25, 0.3) is 0 Å². The van der Waals surface area contributed by atoms with Crippen molar-refractivity contribution in [2.45, 2.75) is 36.5 Å². The highest BCUT2D eigenvalue weighted by atomic mass is 79.9. The molecule has 4 aromatic rings. The molecule has 37 heavy (non-hydrogen) atoms. The van der Waals surface area contributed by atoms with E-state index in [1.54, 1.807) is 19.2 Å². The Morgan fingerprint density at radius 2 is 1.11 bits per heavy atom. The number of phenolic OH excluding ortho intramolecular Hbond substituents is 1. The number of benzene rings is 4. The number of rotatable bonds is 5. The molecule has 1 N–H and O–H groups in total. The molecule has 0 saturated heterocycles. The van der Waals surface area contributed by atoms with Gasteiger partial charge in [0, 0.05) is 19.0 Å².